The van der Waals surface area contributed by atoms with Crippen LogP contribution in [0.3, 0.4) is 0 Å². The first-order valence-electron chi connectivity index (χ1n) is 7.16. The van der Waals surface area contributed by atoms with Crippen molar-refractivity contribution < 1.29 is 18.3 Å². The molecule has 0 amide bonds. The van der Waals surface area contributed by atoms with Crippen molar-refractivity contribution in [2.45, 2.75) is 30.5 Å². The molecule has 1 N–H and O–H groups in total. The van der Waals surface area contributed by atoms with E-state index < -0.39 is 17.3 Å². The molecule has 1 aromatic heterocycles. The molecule has 6 heteroatoms. The molecule has 1 unspecified atom stereocenters. The molecule has 2 rings (SSSR count). The maximum absolute atomic E-state index is 12.6. The van der Waals surface area contributed by atoms with E-state index in [-0.39, 0.29) is 5.92 Å². The fraction of sp³-hybridized carbons (Fsp3) is 0.353. The van der Waals surface area contributed by atoms with Crippen LogP contribution in [0, 0.1) is 5.92 Å². The summed E-state index contributed by atoms with van der Waals surface area (Å²) in [5, 5.41) is 11.0. The molecular weight excluding hydrogens is 323 g/mol. The van der Waals surface area contributed by atoms with Gasteiger partial charge in [-0.25, -0.2) is 0 Å². The number of alkyl halides is 3. The summed E-state index contributed by atoms with van der Waals surface area (Å²) in [6.45, 7) is 3.81. The zero-order chi connectivity index (χ0) is 17.1. The van der Waals surface area contributed by atoms with E-state index in [1.54, 1.807) is 24.5 Å². The number of halogens is 3. The van der Waals surface area contributed by atoms with Gasteiger partial charge in [0.25, 0.3) is 0 Å². The van der Waals surface area contributed by atoms with Gasteiger partial charge in [0.2, 0.25) is 0 Å². The minimum absolute atomic E-state index is 0.0614. The Morgan fingerprint density at radius 2 is 1.74 bits per heavy atom. The molecule has 0 saturated heterocycles. The van der Waals surface area contributed by atoms with Crippen LogP contribution in [0.1, 0.15) is 25.0 Å². The second-order valence-corrected chi connectivity index (χ2v) is 6.68. The fourth-order valence-corrected chi connectivity index (χ4v) is 3.35. The van der Waals surface area contributed by atoms with Gasteiger partial charge >= 0.3 is 6.18 Å². The van der Waals surface area contributed by atoms with Gasteiger partial charge in [0.1, 0.15) is 5.60 Å². The Labute approximate surface area is 137 Å². The molecule has 1 atom stereocenters. The number of benzene rings is 1. The van der Waals surface area contributed by atoms with Crippen LogP contribution in [-0.2, 0) is 11.8 Å². The average molecular weight is 341 g/mol. The lowest BCUT2D eigenvalue weighted by atomic mass is 9.86. The molecule has 124 valence electrons. The summed E-state index contributed by atoms with van der Waals surface area (Å²) in [5.74, 6) is 0.274. The van der Waals surface area contributed by atoms with Gasteiger partial charge in [-0.15, -0.1) is 11.8 Å². The zero-order valence-electron chi connectivity index (χ0n) is 12.8. The molecule has 0 aliphatic heterocycles. The van der Waals surface area contributed by atoms with Crippen molar-refractivity contribution >= 4 is 11.8 Å². The molecule has 0 fully saturated rings. The molecule has 2 aromatic rings. The number of pyridine rings is 1. The Hall–Kier alpha value is -1.53. The highest BCUT2D eigenvalue weighted by Crippen LogP contribution is 2.36. The SMILES string of the molecule is CC(C)C(O)(CSc1ccc(C(F)(F)F)cc1)c1cccnc1. The summed E-state index contributed by atoms with van der Waals surface area (Å²) in [6, 6.07) is 8.53. The van der Waals surface area contributed by atoms with E-state index in [1.165, 1.54) is 23.9 Å². The first kappa shape index (κ1) is 17.8. The molecule has 1 heterocycles. The first-order chi connectivity index (χ1) is 10.7. The molecule has 0 aliphatic rings. The summed E-state index contributed by atoms with van der Waals surface area (Å²) < 4.78 is 37.7. The Kier molecular flexibility index (Phi) is 5.37. The number of aliphatic hydroxyl groups is 1. The maximum atomic E-state index is 12.6. The smallest absolute Gasteiger partial charge is 0.384 e. The second kappa shape index (κ2) is 6.93. The molecule has 1 aromatic carbocycles. The third kappa shape index (κ3) is 4.26. The highest BCUT2D eigenvalue weighted by atomic mass is 32.2. The number of aromatic nitrogens is 1. The van der Waals surface area contributed by atoms with E-state index in [0.29, 0.717) is 16.2 Å². The summed E-state index contributed by atoms with van der Waals surface area (Å²) in [4.78, 5) is 4.71. The van der Waals surface area contributed by atoms with E-state index in [0.717, 1.165) is 12.1 Å². The monoisotopic (exact) mass is 341 g/mol. The van der Waals surface area contributed by atoms with Gasteiger partial charge in [-0.3, -0.25) is 4.98 Å². The minimum Gasteiger partial charge on any atom is -0.384 e. The largest absolute Gasteiger partial charge is 0.416 e. The normalized spacial score (nSPS) is 14.7. The predicted molar refractivity (Wildman–Crippen MR) is 85.1 cm³/mol. The highest BCUT2D eigenvalue weighted by molar-refractivity contribution is 7.99. The molecule has 0 radical (unpaired) electrons. The quantitative estimate of drug-likeness (QED) is 0.798. The summed E-state index contributed by atoms with van der Waals surface area (Å²) in [5.41, 5.74) is -1.07. The lowest BCUT2D eigenvalue weighted by Crippen LogP contribution is -2.35. The Bertz CT molecular complexity index is 629. The topological polar surface area (TPSA) is 33.1 Å². The number of thioether (sulfide) groups is 1. The van der Waals surface area contributed by atoms with E-state index in [1.807, 2.05) is 13.8 Å². The van der Waals surface area contributed by atoms with Gasteiger partial charge in [-0.05, 0) is 36.2 Å². The van der Waals surface area contributed by atoms with Gasteiger partial charge in [0.05, 0.1) is 5.56 Å². The van der Waals surface area contributed by atoms with E-state index in [2.05, 4.69) is 4.98 Å². The molecule has 0 spiro atoms. The van der Waals surface area contributed by atoms with Gasteiger partial charge in [0, 0.05) is 28.6 Å². The number of hydrogen-bond donors (Lipinski definition) is 1. The molecule has 0 saturated carbocycles. The van der Waals surface area contributed by atoms with Crippen molar-refractivity contribution in [2.24, 2.45) is 5.92 Å². The van der Waals surface area contributed by atoms with Crippen LogP contribution in [-0.4, -0.2) is 15.8 Å². The first-order valence-corrected chi connectivity index (χ1v) is 8.15. The lowest BCUT2D eigenvalue weighted by Gasteiger charge is -2.32. The van der Waals surface area contributed by atoms with E-state index in [4.69, 9.17) is 0 Å². The zero-order valence-corrected chi connectivity index (χ0v) is 13.7. The van der Waals surface area contributed by atoms with Crippen LogP contribution >= 0.6 is 11.8 Å². The van der Waals surface area contributed by atoms with Crippen molar-refractivity contribution in [1.82, 2.24) is 4.98 Å². The Morgan fingerprint density at radius 3 is 2.22 bits per heavy atom. The van der Waals surface area contributed by atoms with E-state index in [9.17, 15) is 18.3 Å². The van der Waals surface area contributed by atoms with Crippen molar-refractivity contribution in [1.29, 1.82) is 0 Å². The van der Waals surface area contributed by atoms with Crippen LogP contribution in [0.5, 0.6) is 0 Å². The molecular formula is C17H18F3NOS. The van der Waals surface area contributed by atoms with Gasteiger partial charge in [-0.1, -0.05) is 19.9 Å². The van der Waals surface area contributed by atoms with Crippen molar-refractivity contribution in [3.05, 3.63) is 59.9 Å². The lowest BCUT2D eigenvalue weighted by molar-refractivity contribution is -0.137. The van der Waals surface area contributed by atoms with Crippen LogP contribution < -0.4 is 0 Å². The standard InChI is InChI=1S/C17H18F3NOS/c1-12(2)16(22,14-4-3-9-21-10-14)11-23-15-7-5-13(6-8-15)17(18,19)20/h3-10,12,22H,11H2,1-2H3. The van der Waals surface area contributed by atoms with Crippen molar-refractivity contribution in [3.8, 4) is 0 Å². The number of rotatable bonds is 5. The minimum atomic E-state index is -4.34. The van der Waals surface area contributed by atoms with Crippen LogP contribution in [0.15, 0.2) is 53.7 Å². The fourth-order valence-electron chi connectivity index (χ4n) is 2.14. The number of hydrogen-bond acceptors (Lipinski definition) is 3. The van der Waals surface area contributed by atoms with E-state index >= 15 is 0 Å². The van der Waals surface area contributed by atoms with Crippen LogP contribution in [0.4, 0.5) is 13.2 Å². The predicted octanol–water partition coefficient (Wildman–Crippen LogP) is 4.74. The summed E-state index contributed by atoms with van der Waals surface area (Å²) in [6.07, 6.45) is -1.09. The summed E-state index contributed by atoms with van der Waals surface area (Å²) >= 11 is 1.32. The second-order valence-electron chi connectivity index (χ2n) is 5.63. The molecule has 2 nitrogen and oxygen atoms in total. The maximum Gasteiger partial charge on any atom is 0.416 e. The highest BCUT2D eigenvalue weighted by Gasteiger charge is 2.34. The molecule has 0 aliphatic carbocycles. The number of nitrogens with zero attached hydrogens (tertiary/aromatic N) is 1. The third-order valence-electron chi connectivity index (χ3n) is 3.76. The molecule has 0 bridgehead atoms. The van der Waals surface area contributed by atoms with Crippen LogP contribution in [0.25, 0.3) is 0 Å². The Morgan fingerprint density at radius 1 is 1.09 bits per heavy atom. The van der Waals surface area contributed by atoms with Crippen molar-refractivity contribution in [2.75, 3.05) is 5.75 Å². The summed E-state index contributed by atoms with van der Waals surface area (Å²) in [7, 11) is 0. The van der Waals surface area contributed by atoms with Crippen molar-refractivity contribution in [3.63, 3.8) is 0 Å². The third-order valence-corrected chi connectivity index (χ3v) is 4.95. The Balaban J connectivity index is 2.14. The van der Waals surface area contributed by atoms with Gasteiger partial charge in [0.15, 0.2) is 0 Å². The van der Waals surface area contributed by atoms with Gasteiger partial charge < -0.3 is 5.11 Å². The average Bonchev–Trinajstić information content (AvgIpc) is 2.53. The van der Waals surface area contributed by atoms with Gasteiger partial charge in [-0.2, -0.15) is 13.2 Å². The molecule has 23 heavy (non-hydrogen) atoms. The van der Waals surface area contributed by atoms with Crippen LogP contribution in [0.2, 0.25) is 0 Å².